The molecule has 2 aliphatic rings. The Morgan fingerprint density at radius 2 is 1.81 bits per heavy atom. The molecule has 1 heterocycles. The molecule has 26 heavy (non-hydrogen) atoms. The van der Waals surface area contributed by atoms with Crippen LogP contribution in [-0.2, 0) is 14.8 Å². The van der Waals surface area contributed by atoms with Crippen molar-refractivity contribution in [3.63, 3.8) is 0 Å². The molecule has 1 aromatic carbocycles. The number of nitrogens with one attached hydrogen (secondary N) is 1. The molecule has 0 atom stereocenters. The Morgan fingerprint density at radius 1 is 1.23 bits per heavy atom. The predicted molar refractivity (Wildman–Crippen MR) is 107 cm³/mol. The minimum atomic E-state index is -3.60. The van der Waals surface area contributed by atoms with E-state index in [9.17, 15) is 13.5 Å². The fourth-order valence-corrected chi connectivity index (χ4v) is 5.50. The summed E-state index contributed by atoms with van der Waals surface area (Å²) in [6.07, 6.45) is 3.41. The van der Waals surface area contributed by atoms with Crippen molar-refractivity contribution in [3.05, 3.63) is 29.8 Å². The van der Waals surface area contributed by atoms with Crippen molar-refractivity contribution in [2.24, 2.45) is 5.41 Å². The first-order valence-corrected chi connectivity index (χ1v) is 11.2. The molecule has 0 bridgehead atoms. The monoisotopic (exact) mass is 398 g/mol. The highest BCUT2D eigenvalue weighted by Crippen LogP contribution is 2.47. The molecule has 5 nitrogen and oxygen atoms in total. The van der Waals surface area contributed by atoms with Gasteiger partial charge in [-0.25, -0.2) is 8.42 Å². The molecule has 1 aliphatic carbocycles. The van der Waals surface area contributed by atoms with E-state index in [-0.39, 0.29) is 22.8 Å². The summed E-state index contributed by atoms with van der Waals surface area (Å²) in [5.41, 5.74) is 0.743. The topological polar surface area (TPSA) is 69.6 Å². The van der Waals surface area contributed by atoms with Crippen LogP contribution in [0.3, 0.4) is 0 Å². The molecule has 0 aromatic heterocycles. The smallest absolute Gasteiger partial charge is 0.243 e. The highest BCUT2D eigenvalue weighted by Gasteiger charge is 2.47. The van der Waals surface area contributed by atoms with E-state index in [1.807, 2.05) is 26.0 Å². The molecule has 0 spiro atoms. The Labute approximate surface area is 162 Å². The van der Waals surface area contributed by atoms with Crippen LogP contribution in [0.5, 0.6) is 0 Å². The number of hydrogen-bond donors (Lipinski definition) is 3. The fraction of sp³-hybridized carbons (Fsp3) is 0.684. The molecule has 1 saturated carbocycles. The minimum Gasteiger partial charge on any atom is -0.396 e. The number of benzene rings is 1. The lowest BCUT2D eigenvalue weighted by Gasteiger charge is -2.36. The van der Waals surface area contributed by atoms with Gasteiger partial charge in [0.25, 0.3) is 0 Å². The first-order chi connectivity index (χ1) is 12.2. The van der Waals surface area contributed by atoms with Crippen LogP contribution in [0.1, 0.15) is 45.1 Å². The second-order valence-corrected chi connectivity index (χ2v) is 11.3. The number of thiol groups is 1. The number of rotatable bonds is 7. The van der Waals surface area contributed by atoms with Gasteiger partial charge in [-0.15, -0.1) is 0 Å². The van der Waals surface area contributed by atoms with Gasteiger partial charge >= 0.3 is 0 Å². The number of piperidine rings is 1. The molecule has 146 valence electrons. The molecule has 2 N–H and O–H groups in total. The lowest BCUT2D eigenvalue weighted by Crippen LogP contribution is -2.48. The molecule has 0 amide bonds. The lowest BCUT2D eigenvalue weighted by atomic mass is 10.0. The normalized spacial score (nSPS) is 21.1. The largest absolute Gasteiger partial charge is 0.396 e. The second-order valence-electron chi connectivity index (χ2n) is 8.27. The number of aliphatic hydroxyl groups is 1. The maximum atomic E-state index is 13.4. The molecular weight excluding hydrogens is 368 g/mol. The maximum Gasteiger partial charge on any atom is 0.243 e. The summed E-state index contributed by atoms with van der Waals surface area (Å²) < 4.78 is 28.2. The van der Waals surface area contributed by atoms with Gasteiger partial charge in [0.2, 0.25) is 10.0 Å². The molecule has 0 unspecified atom stereocenters. The third-order valence-corrected chi connectivity index (χ3v) is 7.84. The van der Waals surface area contributed by atoms with Gasteiger partial charge in [0, 0.05) is 29.4 Å². The van der Waals surface area contributed by atoms with Crippen molar-refractivity contribution < 1.29 is 13.5 Å². The molecule has 0 radical (unpaired) electrons. The van der Waals surface area contributed by atoms with E-state index in [4.69, 9.17) is 0 Å². The maximum absolute atomic E-state index is 13.4. The van der Waals surface area contributed by atoms with Gasteiger partial charge in [-0.05, 0) is 70.3 Å². The van der Waals surface area contributed by atoms with Crippen molar-refractivity contribution in [1.82, 2.24) is 9.62 Å². The van der Waals surface area contributed by atoms with Gasteiger partial charge in [0.15, 0.2) is 0 Å². The van der Waals surface area contributed by atoms with Crippen molar-refractivity contribution in [3.8, 4) is 0 Å². The summed E-state index contributed by atoms with van der Waals surface area (Å²) in [7, 11) is -3.60. The molecule has 1 aliphatic heterocycles. The highest BCUT2D eigenvalue weighted by molar-refractivity contribution is 7.89. The lowest BCUT2D eigenvalue weighted by molar-refractivity contribution is 0.159. The van der Waals surface area contributed by atoms with E-state index in [2.05, 4.69) is 17.9 Å². The number of nitrogens with zero attached hydrogens (tertiary/aromatic N) is 1. The van der Waals surface area contributed by atoms with Crippen LogP contribution >= 0.6 is 12.6 Å². The summed E-state index contributed by atoms with van der Waals surface area (Å²) >= 11 is 4.56. The molecule has 7 heteroatoms. The Morgan fingerprint density at radius 3 is 2.27 bits per heavy atom. The highest BCUT2D eigenvalue weighted by atomic mass is 32.2. The fourth-order valence-electron chi connectivity index (χ4n) is 3.55. The van der Waals surface area contributed by atoms with Crippen molar-refractivity contribution in [1.29, 1.82) is 0 Å². The Kier molecular flexibility index (Phi) is 5.76. The van der Waals surface area contributed by atoms with Crippen LogP contribution in [0, 0.1) is 5.41 Å². The number of aliphatic hydroxyl groups excluding tert-OH is 1. The third kappa shape index (κ3) is 4.28. The zero-order chi connectivity index (χ0) is 19.0. The van der Waals surface area contributed by atoms with Crippen LogP contribution < -0.4 is 5.32 Å². The minimum absolute atomic E-state index is 0.00808. The molecule has 2 fully saturated rings. The first-order valence-electron chi connectivity index (χ1n) is 9.34. The Hall–Kier alpha value is -0.600. The second kappa shape index (κ2) is 7.43. The molecule has 3 rings (SSSR count). The summed E-state index contributed by atoms with van der Waals surface area (Å²) in [6, 6.07) is 7.06. The van der Waals surface area contributed by atoms with Crippen LogP contribution in [0.25, 0.3) is 0 Å². The van der Waals surface area contributed by atoms with E-state index in [0.717, 1.165) is 44.3 Å². The van der Waals surface area contributed by atoms with Gasteiger partial charge in [-0.3, -0.25) is 0 Å². The number of sulfonamides is 1. The predicted octanol–water partition coefficient (Wildman–Crippen LogP) is 2.37. The third-order valence-electron chi connectivity index (χ3n) is 5.67. The van der Waals surface area contributed by atoms with E-state index in [0.29, 0.717) is 11.4 Å². The van der Waals surface area contributed by atoms with Crippen LogP contribution in [-0.4, -0.2) is 50.1 Å². The Balaban J connectivity index is 1.90. The average molecular weight is 399 g/mol. The van der Waals surface area contributed by atoms with Gasteiger partial charge in [0.1, 0.15) is 0 Å². The van der Waals surface area contributed by atoms with Crippen molar-refractivity contribution in [2.75, 3.05) is 26.2 Å². The van der Waals surface area contributed by atoms with Crippen LogP contribution in [0.4, 0.5) is 0 Å². The summed E-state index contributed by atoms with van der Waals surface area (Å²) in [4.78, 5) is 0.325. The quantitative estimate of drug-likeness (QED) is 0.617. The average Bonchev–Trinajstić information content (AvgIpc) is 3.40. The molecule has 1 aromatic rings. The van der Waals surface area contributed by atoms with E-state index >= 15 is 0 Å². The number of hydrogen-bond acceptors (Lipinski definition) is 5. The van der Waals surface area contributed by atoms with Crippen LogP contribution in [0.2, 0.25) is 0 Å². The molecule has 1 saturated heterocycles. The van der Waals surface area contributed by atoms with Crippen molar-refractivity contribution >= 4 is 22.7 Å². The Bertz CT molecular complexity index is 716. The van der Waals surface area contributed by atoms with E-state index in [1.165, 1.54) is 0 Å². The van der Waals surface area contributed by atoms with E-state index in [1.54, 1.807) is 16.4 Å². The van der Waals surface area contributed by atoms with Gasteiger partial charge < -0.3 is 10.4 Å². The van der Waals surface area contributed by atoms with Crippen LogP contribution in [0.15, 0.2) is 29.2 Å². The summed E-state index contributed by atoms with van der Waals surface area (Å²) in [5, 5.41) is 13.0. The van der Waals surface area contributed by atoms with Gasteiger partial charge in [-0.2, -0.15) is 16.9 Å². The SMILES string of the molecule is CC(C)(S)c1ccc(S(=O)(=O)N(CC2(CO)CC2)C2CCNCC2)cc1. The molecular formula is C19H30N2O3S2. The van der Waals surface area contributed by atoms with Gasteiger partial charge in [0.05, 0.1) is 4.90 Å². The first kappa shape index (κ1) is 20.1. The standard InChI is InChI=1S/C19H30N2O3S2/c1-18(2,25)15-3-5-17(6-4-15)26(23,24)21(13-19(14-22)9-10-19)16-7-11-20-12-8-16/h3-6,16,20,22,25H,7-14H2,1-2H3. The zero-order valence-corrected chi connectivity index (χ0v) is 17.3. The summed E-state index contributed by atoms with van der Waals surface area (Å²) in [6.45, 7) is 6.09. The van der Waals surface area contributed by atoms with Gasteiger partial charge in [-0.1, -0.05) is 12.1 Å². The van der Waals surface area contributed by atoms with Crippen molar-refractivity contribution in [2.45, 2.75) is 55.2 Å². The summed E-state index contributed by atoms with van der Waals surface area (Å²) in [5.74, 6) is 0. The van der Waals surface area contributed by atoms with E-state index < -0.39 is 10.0 Å². The zero-order valence-electron chi connectivity index (χ0n) is 15.6.